The second-order valence-electron chi connectivity index (χ2n) is 3.94. The Kier molecular flexibility index (Phi) is 2.65. The summed E-state index contributed by atoms with van der Waals surface area (Å²) in [6.07, 6.45) is -2.40. The highest BCUT2D eigenvalue weighted by molar-refractivity contribution is 6.38. The summed E-state index contributed by atoms with van der Waals surface area (Å²) in [4.78, 5) is 4.34. The number of pyridine rings is 1. The second kappa shape index (κ2) is 3.85. The molecule has 2 heterocycles. The molecule has 0 saturated carbocycles. The van der Waals surface area contributed by atoms with E-state index in [2.05, 4.69) is 10.1 Å². The van der Waals surface area contributed by atoms with Gasteiger partial charge in [0.25, 0.3) is 6.43 Å². The van der Waals surface area contributed by atoms with E-state index >= 15 is 0 Å². The Morgan fingerprint density at radius 3 is 2.75 bits per heavy atom. The lowest BCUT2D eigenvalue weighted by Gasteiger charge is -2.05. The van der Waals surface area contributed by atoms with Crippen molar-refractivity contribution in [2.45, 2.75) is 26.8 Å². The van der Waals surface area contributed by atoms with Gasteiger partial charge in [0.2, 0.25) is 0 Å². The van der Waals surface area contributed by atoms with Crippen molar-refractivity contribution in [2.75, 3.05) is 0 Å². The quantitative estimate of drug-likeness (QED) is 0.697. The number of halogens is 2. The number of hydrogen-bond donors (Lipinski definition) is 0. The van der Waals surface area contributed by atoms with E-state index in [4.69, 9.17) is 0 Å². The van der Waals surface area contributed by atoms with Gasteiger partial charge in [-0.2, -0.15) is 5.10 Å². The Bertz CT molecular complexity index is 536. The van der Waals surface area contributed by atoms with Crippen LogP contribution in [0.1, 0.15) is 11.4 Å². The van der Waals surface area contributed by atoms with Crippen LogP contribution in [0.2, 0.25) is 0 Å². The van der Waals surface area contributed by atoms with Gasteiger partial charge >= 0.3 is 0 Å². The molecule has 0 saturated heterocycles. The van der Waals surface area contributed by atoms with Crippen LogP contribution in [-0.2, 0) is 6.54 Å². The van der Waals surface area contributed by atoms with Crippen LogP contribution in [-0.4, -0.2) is 29.0 Å². The van der Waals surface area contributed by atoms with E-state index in [0.29, 0.717) is 11.2 Å². The standard InChI is InChI=1S/C10H12BF2N3/c1-5-3-7(11)10-9(14-5)6(2)15-16(10)4-8(12)13/h3,8H,4,11H2,1-2H3. The molecule has 6 heteroatoms. The Morgan fingerprint density at radius 2 is 2.12 bits per heavy atom. The maximum absolute atomic E-state index is 12.4. The number of alkyl halides is 2. The van der Waals surface area contributed by atoms with Gasteiger partial charge in [-0.25, -0.2) is 13.8 Å². The summed E-state index contributed by atoms with van der Waals surface area (Å²) >= 11 is 0. The van der Waals surface area contributed by atoms with Gasteiger partial charge in [0.1, 0.15) is 19.9 Å². The molecular formula is C10H12BF2N3. The lowest BCUT2D eigenvalue weighted by molar-refractivity contribution is 0.123. The third-order valence-corrected chi connectivity index (χ3v) is 2.49. The molecule has 0 N–H and O–H groups in total. The molecule has 2 aromatic rings. The van der Waals surface area contributed by atoms with Crippen LogP contribution in [0.15, 0.2) is 6.07 Å². The lowest BCUT2D eigenvalue weighted by atomic mass is 9.94. The maximum atomic E-state index is 12.4. The van der Waals surface area contributed by atoms with Crippen LogP contribution in [0.4, 0.5) is 8.78 Å². The van der Waals surface area contributed by atoms with Gasteiger partial charge in [0, 0.05) is 5.69 Å². The number of hydrogen-bond acceptors (Lipinski definition) is 2. The van der Waals surface area contributed by atoms with Gasteiger partial charge in [0.15, 0.2) is 0 Å². The van der Waals surface area contributed by atoms with Gasteiger partial charge in [-0.05, 0) is 19.9 Å². The lowest BCUT2D eigenvalue weighted by Crippen LogP contribution is -2.15. The molecule has 0 aliphatic heterocycles. The summed E-state index contributed by atoms with van der Waals surface area (Å²) in [5.41, 5.74) is 3.94. The highest BCUT2D eigenvalue weighted by Gasteiger charge is 2.14. The number of aromatic nitrogens is 3. The van der Waals surface area contributed by atoms with E-state index in [0.717, 1.165) is 16.7 Å². The highest BCUT2D eigenvalue weighted by atomic mass is 19.3. The van der Waals surface area contributed by atoms with Gasteiger partial charge in [0.05, 0.1) is 11.2 Å². The Labute approximate surface area is 92.9 Å². The average Bonchev–Trinajstić information content (AvgIpc) is 2.42. The third kappa shape index (κ3) is 1.79. The number of fused-ring (bicyclic) bond motifs is 1. The van der Waals surface area contributed by atoms with E-state index < -0.39 is 6.43 Å². The van der Waals surface area contributed by atoms with Crippen molar-refractivity contribution in [1.82, 2.24) is 14.8 Å². The normalized spacial score (nSPS) is 11.6. The predicted molar refractivity (Wildman–Crippen MR) is 61.2 cm³/mol. The van der Waals surface area contributed by atoms with E-state index in [1.165, 1.54) is 4.68 Å². The Hall–Kier alpha value is -1.46. The zero-order valence-electron chi connectivity index (χ0n) is 9.46. The zero-order chi connectivity index (χ0) is 11.9. The van der Waals surface area contributed by atoms with Crippen LogP contribution >= 0.6 is 0 Å². The molecule has 0 radical (unpaired) electrons. The number of nitrogens with zero attached hydrogens (tertiary/aromatic N) is 3. The fourth-order valence-corrected chi connectivity index (χ4v) is 1.95. The second-order valence-corrected chi connectivity index (χ2v) is 3.94. The molecule has 0 unspecified atom stereocenters. The summed E-state index contributed by atoms with van der Waals surface area (Å²) in [7, 11) is 1.89. The minimum Gasteiger partial charge on any atom is -0.258 e. The van der Waals surface area contributed by atoms with E-state index in [1.54, 1.807) is 6.92 Å². The van der Waals surface area contributed by atoms with Gasteiger partial charge < -0.3 is 0 Å². The molecule has 84 valence electrons. The number of aryl methyl sites for hydroxylation is 2. The smallest absolute Gasteiger partial charge is 0.257 e. The van der Waals surface area contributed by atoms with Gasteiger partial charge in [-0.1, -0.05) is 5.46 Å². The van der Waals surface area contributed by atoms with Crippen molar-refractivity contribution in [2.24, 2.45) is 0 Å². The monoisotopic (exact) mass is 223 g/mol. The molecule has 0 spiro atoms. The van der Waals surface area contributed by atoms with Crippen molar-refractivity contribution >= 4 is 24.3 Å². The van der Waals surface area contributed by atoms with Gasteiger partial charge in [-0.15, -0.1) is 0 Å². The summed E-state index contributed by atoms with van der Waals surface area (Å²) in [5, 5.41) is 4.11. The maximum Gasteiger partial charge on any atom is 0.257 e. The summed E-state index contributed by atoms with van der Waals surface area (Å²) in [5.74, 6) is 0. The molecule has 0 aliphatic carbocycles. The van der Waals surface area contributed by atoms with Crippen LogP contribution in [0.5, 0.6) is 0 Å². The van der Waals surface area contributed by atoms with Crippen LogP contribution < -0.4 is 5.46 Å². The molecule has 0 aromatic carbocycles. The zero-order valence-corrected chi connectivity index (χ0v) is 9.46. The van der Waals surface area contributed by atoms with Crippen LogP contribution in [0, 0.1) is 13.8 Å². The Morgan fingerprint density at radius 1 is 1.44 bits per heavy atom. The largest absolute Gasteiger partial charge is 0.258 e. The summed E-state index contributed by atoms with van der Waals surface area (Å²) in [6, 6.07) is 1.88. The van der Waals surface area contributed by atoms with Crippen LogP contribution in [0.3, 0.4) is 0 Å². The first-order valence-electron chi connectivity index (χ1n) is 5.08. The molecule has 16 heavy (non-hydrogen) atoms. The molecule has 0 amide bonds. The average molecular weight is 223 g/mol. The molecule has 2 rings (SSSR count). The van der Waals surface area contributed by atoms with Gasteiger partial charge in [-0.3, -0.25) is 4.68 Å². The molecule has 3 nitrogen and oxygen atoms in total. The highest BCUT2D eigenvalue weighted by Crippen LogP contribution is 2.15. The first-order valence-corrected chi connectivity index (χ1v) is 5.08. The van der Waals surface area contributed by atoms with Crippen molar-refractivity contribution in [1.29, 1.82) is 0 Å². The number of rotatable bonds is 2. The van der Waals surface area contributed by atoms with E-state index in [1.807, 2.05) is 20.8 Å². The Balaban J connectivity index is 2.68. The SMILES string of the molecule is Bc1cc(C)nc2c(C)nn(CC(F)F)c12. The fourth-order valence-electron chi connectivity index (χ4n) is 1.95. The van der Waals surface area contributed by atoms with Crippen LogP contribution in [0.25, 0.3) is 11.0 Å². The summed E-state index contributed by atoms with van der Waals surface area (Å²) in [6.45, 7) is 3.29. The molecule has 0 fully saturated rings. The molecular weight excluding hydrogens is 211 g/mol. The molecule has 0 bridgehead atoms. The topological polar surface area (TPSA) is 30.7 Å². The molecule has 0 aliphatic rings. The van der Waals surface area contributed by atoms with Crippen molar-refractivity contribution in [3.8, 4) is 0 Å². The minimum atomic E-state index is -2.40. The van der Waals surface area contributed by atoms with E-state index in [9.17, 15) is 8.78 Å². The predicted octanol–water partition coefficient (Wildman–Crippen LogP) is 0.572. The third-order valence-electron chi connectivity index (χ3n) is 2.49. The minimum absolute atomic E-state index is 0.379. The van der Waals surface area contributed by atoms with E-state index in [-0.39, 0.29) is 6.54 Å². The van der Waals surface area contributed by atoms with Crippen molar-refractivity contribution < 1.29 is 8.78 Å². The first kappa shape index (κ1) is 11.0. The first-order chi connectivity index (χ1) is 7.49. The molecule has 0 atom stereocenters. The molecule has 2 aromatic heterocycles. The fraction of sp³-hybridized carbons (Fsp3) is 0.400. The summed E-state index contributed by atoms with van der Waals surface area (Å²) < 4.78 is 26.1. The van der Waals surface area contributed by atoms with Crippen molar-refractivity contribution in [3.63, 3.8) is 0 Å². The van der Waals surface area contributed by atoms with Crippen molar-refractivity contribution in [3.05, 3.63) is 17.5 Å².